The number of cyclic esters (lactones) is 1. The van der Waals surface area contributed by atoms with Crippen molar-refractivity contribution in [1.82, 2.24) is 41.3 Å². The number of aliphatic hydroxyl groups excluding tert-OH is 5. The number of unbranched alkanes of at least 4 members (excludes halogenated alkanes) is 4. The lowest BCUT2D eigenvalue weighted by Gasteiger charge is -2.34. The number of esters is 1. The van der Waals surface area contributed by atoms with E-state index in [0.29, 0.717) is 23.7 Å². The number of carboxylic acids is 2. The third-order valence-electron chi connectivity index (χ3n) is 14.3. The van der Waals surface area contributed by atoms with Crippen molar-refractivity contribution in [2.24, 2.45) is 22.4 Å². The molecule has 0 spiro atoms. The van der Waals surface area contributed by atoms with Crippen molar-refractivity contribution in [3.05, 3.63) is 0 Å². The van der Waals surface area contributed by atoms with Gasteiger partial charge in [-0.3, -0.25) is 43.3 Å². The molecular formula is C49H79N11O19. The van der Waals surface area contributed by atoms with Crippen molar-refractivity contribution in [1.29, 1.82) is 0 Å². The molecule has 0 aromatic carbocycles. The number of hydrogen-bond donors (Lipinski definition) is 14. The number of aliphatic carboxylic acids is 2. The zero-order valence-corrected chi connectivity index (χ0v) is 44.7. The molecule has 0 aromatic rings. The van der Waals surface area contributed by atoms with Crippen molar-refractivity contribution in [2.45, 2.75) is 196 Å². The van der Waals surface area contributed by atoms with Crippen LogP contribution in [0.3, 0.4) is 0 Å². The summed E-state index contributed by atoms with van der Waals surface area (Å²) in [6.07, 6.45) is -6.58. The molecule has 4 fully saturated rings. The molecule has 4 heterocycles. The van der Waals surface area contributed by atoms with Gasteiger partial charge in [-0.05, 0) is 70.6 Å². The van der Waals surface area contributed by atoms with E-state index < -0.39 is 164 Å². The fraction of sp³-hybridized carbons (Fsp3) is 0.755. The summed E-state index contributed by atoms with van der Waals surface area (Å²) in [4.78, 5) is 158. The molecule has 8 amide bonds. The average molecular weight is 1130 g/mol. The molecule has 0 saturated carbocycles. The van der Waals surface area contributed by atoms with Crippen LogP contribution in [-0.2, 0) is 57.5 Å². The molecule has 0 aliphatic carbocycles. The summed E-state index contributed by atoms with van der Waals surface area (Å²) in [6.45, 7) is 3.48. The van der Waals surface area contributed by atoms with E-state index in [1.807, 2.05) is 10.6 Å². The largest absolute Gasteiger partial charge is 0.479 e. The number of fused-ring (bicyclic) bond motifs is 3. The highest BCUT2D eigenvalue weighted by Gasteiger charge is 2.48. The van der Waals surface area contributed by atoms with E-state index in [1.165, 1.54) is 11.8 Å². The number of amides is 8. The highest BCUT2D eigenvalue weighted by molar-refractivity contribution is 6.00. The predicted octanol–water partition coefficient (Wildman–Crippen LogP) is -5.63. The van der Waals surface area contributed by atoms with Crippen LogP contribution in [0.1, 0.15) is 117 Å². The summed E-state index contributed by atoms with van der Waals surface area (Å²) in [5, 5.41) is 84.7. The minimum absolute atomic E-state index is 0.00832. The number of nitrogens with zero attached hydrogens (tertiary/aromatic N) is 4. The maximum Gasteiger partial charge on any atom is 0.335 e. The zero-order chi connectivity index (χ0) is 58.8. The van der Waals surface area contributed by atoms with Gasteiger partial charge in [-0.15, -0.1) is 0 Å². The van der Waals surface area contributed by atoms with E-state index in [1.54, 1.807) is 0 Å². The summed E-state index contributed by atoms with van der Waals surface area (Å²) in [5.41, 5.74) is 10.9. The first-order valence-corrected chi connectivity index (χ1v) is 26.8. The average Bonchev–Trinajstić information content (AvgIpc) is 4.23. The highest BCUT2D eigenvalue weighted by atomic mass is 16.5. The Balaban J connectivity index is 1.80. The first kappa shape index (κ1) is 64.8. The van der Waals surface area contributed by atoms with Crippen LogP contribution in [0.5, 0.6) is 0 Å². The van der Waals surface area contributed by atoms with Crippen molar-refractivity contribution < 1.29 is 93.2 Å². The Morgan fingerprint density at radius 3 is 1.82 bits per heavy atom. The Labute approximate surface area is 455 Å². The molecule has 4 aliphatic heterocycles. The number of carbonyl (C=O) groups excluding carboxylic acids is 9. The molecule has 0 radical (unpaired) electrons. The Morgan fingerprint density at radius 1 is 0.633 bits per heavy atom. The Kier molecular flexibility index (Phi) is 25.1. The van der Waals surface area contributed by atoms with Gasteiger partial charge in [-0.1, -0.05) is 46.0 Å². The second-order valence-corrected chi connectivity index (χ2v) is 20.8. The third-order valence-corrected chi connectivity index (χ3v) is 14.3. The van der Waals surface area contributed by atoms with Gasteiger partial charge in [-0.25, -0.2) is 14.4 Å². The second kappa shape index (κ2) is 30.6. The standard InChI is InChI=1S/C49H79N11O19/c1-24(2)12-7-5-4-6-8-13-26-22-32(64)55-33(25(3)62)45(73)59-20-11-16-30(59)44(72)58-19-10-15-29(58)40(68)53-27(14-9-18-52-49(50)51)39(67)56-34(37(65)46(74)75)41(69)54-28(23-61)43(71)60-21-17-31(63)36(60)42(70)57-35(48(78)79-26)38(66)47(76)77/h24-31,33-38,61-63,65-66H,4-23H2,1-3H3,(H,53,68)(H,54,69)(H,55,64)(H,56,67)(H,57,70)(H,74,75)(H,76,77)(H4,50,51,52)/t25-,26-,27+,28+,29+,30+,31+,33+,34-,35+,36+,37-,38+/m1/s1. The summed E-state index contributed by atoms with van der Waals surface area (Å²) in [5.74, 6) is -14.6. The molecular weight excluding hydrogens is 1050 g/mol. The molecule has 0 aromatic heterocycles. The lowest BCUT2D eigenvalue weighted by Crippen LogP contribution is -2.64. The number of carbonyl (C=O) groups is 11. The molecule has 0 bridgehead atoms. The number of aliphatic imine (C=N–C) groups is 1. The first-order valence-electron chi connectivity index (χ1n) is 26.8. The number of hydrogen-bond acceptors (Lipinski definition) is 18. The molecule has 444 valence electrons. The van der Waals surface area contributed by atoms with Gasteiger partial charge in [0, 0.05) is 26.2 Å². The zero-order valence-electron chi connectivity index (χ0n) is 44.7. The Hall–Kier alpha value is -6.76. The lowest BCUT2D eigenvalue weighted by molar-refractivity contribution is -0.165. The van der Waals surface area contributed by atoms with Gasteiger partial charge >= 0.3 is 17.9 Å². The van der Waals surface area contributed by atoms with Gasteiger partial charge in [0.05, 0.1) is 25.2 Å². The van der Waals surface area contributed by atoms with Gasteiger partial charge in [0.2, 0.25) is 47.3 Å². The number of ether oxygens (including phenoxy) is 1. The maximum absolute atomic E-state index is 14.4. The van der Waals surface area contributed by atoms with E-state index >= 15 is 0 Å². The van der Waals surface area contributed by atoms with Crippen LogP contribution in [0.15, 0.2) is 4.99 Å². The number of carboxylic acid groups (broad SMARTS) is 2. The van der Waals surface area contributed by atoms with E-state index in [0.717, 1.165) is 30.6 Å². The highest BCUT2D eigenvalue weighted by Crippen LogP contribution is 2.27. The van der Waals surface area contributed by atoms with Crippen LogP contribution in [-0.4, -0.2) is 233 Å². The normalized spacial score (nSPS) is 28.6. The number of nitrogens with two attached hydrogens (primary N) is 2. The van der Waals surface area contributed by atoms with Crippen LogP contribution in [0.2, 0.25) is 0 Å². The van der Waals surface area contributed by atoms with E-state index in [9.17, 15) is 88.5 Å². The van der Waals surface area contributed by atoms with Crippen molar-refractivity contribution in [3.8, 4) is 0 Å². The molecule has 30 nitrogen and oxygen atoms in total. The van der Waals surface area contributed by atoms with Gasteiger partial charge < -0.3 is 93.2 Å². The third kappa shape index (κ3) is 18.1. The quantitative estimate of drug-likeness (QED) is 0.0263. The van der Waals surface area contributed by atoms with E-state index in [4.69, 9.17) is 16.2 Å². The van der Waals surface area contributed by atoms with Crippen LogP contribution in [0.4, 0.5) is 0 Å². The minimum Gasteiger partial charge on any atom is -0.479 e. The fourth-order valence-electron chi connectivity index (χ4n) is 10.0. The minimum atomic E-state index is -2.76. The maximum atomic E-state index is 14.4. The second-order valence-electron chi connectivity index (χ2n) is 20.8. The van der Waals surface area contributed by atoms with E-state index in [-0.39, 0.29) is 77.0 Å². The fourth-order valence-corrected chi connectivity index (χ4v) is 10.0. The predicted molar refractivity (Wildman–Crippen MR) is 273 cm³/mol. The van der Waals surface area contributed by atoms with Gasteiger partial charge in [-0.2, -0.15) is 0 Å². The van der Waals surface area contributed by atoms with Crippen molar-refractivity contribution >= 4 is 71.1 Å². The van der Waals surface area contributed by atoms with Crippen molar-refractivity contribution in [2.75, 3.05) is 32.8 Å². The van der Waals surface area contributed by atoms with Gasteiger partial charge in [0.1, 0.15) is 48.4 Å². The molecule has 13 atom stereocenters. The summed E-state index contributed by atoms with van der Waals surface area (Å²) < 4.78 is 5.64. The Bertz CT molecular complexity index is 2230. The van der Waals surface area contributed by atoms with E-state index in [2.05, 4.69) is 34.8 Å². The summed E-state index contributed by atoms with van der Waals surface area (Å²) in [6, 6.07) is -14.9. The number of rotatable bonds is 18. The first-order chi connectivity index (χ1) is 37.3. The smallest absolute Gasteiger partial charge is 0.335 e. The molecule has 4 rings (SSSR count). The Morgan fingerprint density at radius 2 is 1.22 bits per heavy atom. The van der Waals surface area contributed by atoms with Crippen LogP contribution < -0.4 is 38.1 Å². The van der Waals surface area contributed by atoms with Crippen LogP contribution >= 0.6 is 0 Å². The summed E-state index contributed by atoms with van der Waals surface area (Å²) >= 11 is 0. The molecule has 30 heteroatoms. The summed E-state index contributed by atoms with van der Waals surface area (Å²) in [7, 11) is 0. The number of guanidine groups is 1. The van der Waals surface area contributed by atoms with Gasteiger partial charge in [0.25, 0.3) is 0 Å². The SMILES string of the molecule is CC(C)CCCCCCC[C@@H]1CC(=O)N[C@@H]([C@@H](C)O)C(=O)N2CCC[C@H]2C(=O)N2CCC[C@H]2C(=O)N[C@@H](CCCN=C(N)N)C(=O)N[C@H]([C@@H](O)C(=O)O)C(=O)N[C@@H](CO)C(=O)N2CC[C@H](O)[C@H]2C(=O)N[C@@H]([C@H](O)C(=O)O)C(=O)O1. The molecule has 0 unspecified atom stereocenters. The van der Waals surface area contributed by atoms with Crippen LogP contribution in [0.25, 0.3) is 0 Å². The number of nitrogens with one attached hydrogen (secondary N) is 5. The van der Waals surface area contributed by atoms with Crippen LogP contribution in [0, 0.1) is 5.92 Å². The molecule has 4 aliphatic rings. The number of aliphatic hydroxyl groups is 5. The topological polar surface area (TPSA) is 473 Å². The molecule has 16 N–H and O–H groups in total. The lowest BCUT2D eigenvalue weighted by atomic mass is 10.0. The van der Waals surface area contributed by atoms with Gasteiger partial charge in [0.15, 0.2) is 24.2 Å². The van der Waals surface area contributed by atoms with Crippen molar-refractivity contribution in [3.63, 3.8) is 0 Å². The monoisotopic (exact) mass is 1130 g/mol. The molecule has 79 heavy (non-hydrogen) atoms. The molecule has 4 saturated heterocycles.